The highest BCUT2D eigenvalue weighted by molar-refractivity contribution is 7.99. The molecule has 0 aliphatic carbocycles. The van der Waals surface area contributed by atoms with Gasteiger partial charge in [-0.05, 0) is 39.0 Å². The lowest BCUT2D eigenvalue weighted by Gasteiger charge is -2.14. The minimum absolute atomic E-state index is 0.124. The monoisotopic (exact) mass is 460 g/mol. The molecule has 0 saturated heterocycles. The summed E-state index contributed by atoms with van der Waals surface area (Å²) >= 11 is 2.60. The van der Waals surface area contributed by atoms with E-state index in [1.165, 1.54) is 23.1 Å². The number of hydrogen-bond donors (Lipinski definition) is 1. The maximum absolute atomic E-state index is 12.5. The number of thiophene rings is 1. The predicted molar refractivity (Wildman–Crippen MR) is 121 cm³/mol. The number of thioether (sulfide) groups is 1. The smallest absolute Gasteiger partial charge is 0.341 e. The summed E-state index contributed by atoms with van der Waals surface area (Å²) in [5, 5.41) is 12.3. The van der Waals surface area contributed by atoms with Crippen LogP contribution < -0.4 is 10.1 Å². The average Bonchev–Trinajstić information content (AvgIpc) is 3.29. The van der Waals surface area contributed by atoms with Gasteiger partial charge in [0.05, 0.1) is 17.9 Å². The van der Waals surface area contributed by atoms with Gasteiger partial charge in [0.25, 0.3) is 0 Å². The molecular weight excluding hydrogens is 436 g/mol. The van der Waals surface area contributed by atoms with E-state index in [9.17, 15) is 9.59 Å². The second-order valence-electron chi connectivity index (χ2n) is 6.63. The van der Waals surface area contributed by atoms with E-state index >= 15 is 0 Å². The van der Waals surface area contributed by atoms with Crippen LogP contribution in [0.5, 0.6) is 5.75 Å². The molecule has 31 heavy (non-hydrogen) atoms. The Hall–Kier alpha value is -2.85. The molecular formula is C21H24N4O4S2. The molecule has 164 valence electrons. The fraction of sp³-hybridized carbons (Fsp3) is 0.333. The van der Waals surface area contributed by atoms with Crippen molar-refractivity contribution in [3.8, 4) is 5.75 Å². The number of hydrogen-bond acceptors (Lipinski definition) is 8. The van der Waals surface area contributed by atoms with Crippen LogP contribution in [0.4, 0.5) is 5.00 Å². The van der Waals surface area contributed by atoms with Crippen LogP contribution in [0.2, 0.25) is 0 Å². The van der Waals surface area contributed by atoms with Crippen molar-refractivity contribution in [2.75, 3.05) is 17.7 Å². The third kappa shape index (κ3) is 5.86. The third-order valence-electron chi connectivity index (χ3n) is 4.22. The van der Waals surface area contributed by atoms with E-state index < -0.39 is 5.97 Å². The van der Waals surface area contributed by atoms with E-state index in [1.54, 1.807) is 13.0 Å². The minimum Gasteiger partial charge on any atom is -0.483 e. The Morgan fingerprint density at radius 3 is 2.71 bits per heavy atom. The van der Waals surface area contributed by atoms with E-state index in [-0.39, 0.29) is 24.4 Å². The van der Waals surface area contributed by atoms with Gasteiger partial charge in [0.15, 0.2) is 17.1 Å². The first-order chi connectivity index (χ1) is 14.9. The molecule has 2 aromatic heterocycles. The molecule has 0 bridgehead atoms. The van der Waals surface area contributed by atoms with Crippen molar-refractivity contribution in [1.29, 1.82) is 0 Å². The van der Waals surface area contributed by atoms with Gasteiger partial charge in [-0.2, -0.15) is 0 Å². The molecule has 3 rings (SSSR count). The van der Waals surface area contributed by atoms with Crippen LogP contribution >= 0.6 is 23.1 Å². The molecule has 0 radical (unpaired) electrons. The van der Waals surface area contributed by atoms with Crippen molar-refractivity contribution in [2.24, 2.45) is 7.05 Å². The summed E-state index contributed by atoms with van der Waals surface area (Å²) < 4.78 is 12.8. The number of anilines is 1. The number of ether oxygens (including phenoxy) is 2. The molecule has 3 aromatic rings. The molecule has 1 unspecified atom stereocenters. The first-order valence-corrected chi connectivity index (χ1v) is 11.5. The van der Waals surface area contributed by atoms with E-state index in [0.717, 1.165) is 10.6 Å². The number of amides is 1. The lowest BCUT2D eigenvalue weighted by Crippen LogP contribution is -2.16. The van der Waals surface area contributed by atoms with Crippen LogP contribution in [-0.2, 0) is 16.6 Å². The number of rotatable bonds is 9. The molecule has 0 spiro atoms. The van der Waals surface area contributed by atoms with E-state index in [2.05, 4.69) is 15.5 Å². The SMILES string of the molecule is CCOC(=O)c1cc(C)sc1NC(=O)CSc1nnc(C(C)Oc2ccccc2)n1C. The van der Waals surface area contributed by atoms with Crippen LogP contribution in [0.15, 0.2) is 41.6 Å². The van der Waals surface area contributed by atoms with Gasteiger partial charge in [0.2, 0.25) is 5.91 Å². The topological polar surface area (TPSA) is 95.3 Å². The lowest BCUT2D eigenvalue weighted by molar-refractivity contribution is -0.113. The predicted octanol–water partition coefficient (Wildman–Crippen LogP) is 4.23. The highest BCUT2D eigenvalue weighted by atomic mass is 32.2. The summed E-state index contributed by atoms with van der Waals surface area (Å²) in [7, 11) is 1.84. The molecule has 1 N–H and O–H groups in total. The third-order valence-corrected chi connectivity index (χ3v) is 6.21. The molecule has 0 aliphatic rings. The van der Waals surface area contributed by atoms with Crippen LogP contribution in [-0.4, -0.2) is 39.0 Å². The van der Waals surface area contributed by atoms with Crippen molar-refractivity contribution >= 4 is 40.0 Å². The van der Waals surface area contributed by atoms with Crippen LogP contribution in [0, 0.1) is 6.92 Å². The number of aromatic nitrogens is 3. The number of nitrogens with one attached hydrogen (secondary N) is 1. The highest BCUT2D eigenvalue weighted by Gasteiger charge is 2.20. The molecule has 2 heterocycles. The minimum atomic E-state index is -0.444. The van der Waals surface area contributed by atoms with Gasteiger partial charge >= 0.3 is 5.97 Å². The summed E-state index contributed by atoms with van der Waals surface area (Å²) in [6, 6.07) is 11.2. The summed E-state index contributed by atoms with van der Waals surface area (Å²) in [5.41, 5.74) is 0.371. The number of carbonyl (C=O) groups excluding carboxylic acids is 2. The molecule has 0 saturated carbocycles. The van der Waals surface area contributed by atoms with E-state index in [0.29, 0.717) is 21.5 Å². The van der Waals surface area contributed by atoms with Crippen molar-refractivity contribution < 1.29 is 19.1 Å². The van der Waals surface area contributed by atoms with Crippen LogP contribution in [0.25, 0.3) is 0 Å². The second kappa shape index (κ2) is 10.5. The van der Waals surface area contributed by atoms with Gasteiger partial charge in [0.1, 0.15) is 10.8 Å². The number of esters is 1. The Kier molecular flexibility index (Phi) is 7.69. The largest absolute Gasteiger partial charge is 0.483 e. The van der Waals surface area contributed by atoms with Gasteiger partial charge in [0, 0.05) is 11.9 Å². The maximum Gasteiger partial charge on any atom is 0.341 e. The van der Waals surface area contributed by atoms with Crippen LogP contribution in [0.3, 0.4) is 0 Å². The fourth-order valence-electron chi connectivity index (χ4n) is 2.82. The Morgan fingerprint density at radius 1 is 1.26 bits per heavy atom. The first-order valence-electron chi connectivity index (χ1n) is 9.70. The molecule has 0 aliphatic heterocycles. The molecule has 0 fully saturated rings. The molecule has 1 atom stereocenters. The standard InChI is InChI=1S/C21H24N4O4S2/c1-5-28-20(27)16-11-13(2)31-19(16)22-17(26)12-30-21-24-23-18(25(21)4)14(3)29-15-9-7-6-8-10-15/h6-11,14H,5,12H2,1-4H3,(H,22,26). The maximum atomic E-state index is 12.5. The normalized spacial score (nSPS) is 11.7. The zero-order valence-corrected chi connectivity index (χ0v) is 19.4. The number of para-hydroxylation sites is 1. The average molecular weight is 461 g/mol. The van der Waals surface area contributed by atoms with Gasteiger partial charge < -0.3 is 19.4 Å². The zero-order chi connectivity index (χ0) is 22.4. The summed E-state index contributed by atoms with van der Waals surface area (Å²) in [6.07, 6.45) is -0.302. The van der Waals surface area contributed by atoms with Crippen LogP contribution in [0.1, 0.15) is 41.0 Å². The Balaban J connectivity index is 1.60. The Bertz CT molecular complexity index is 1050. The van der Waals surface area contributed by atoms with Crippen molar-refractivity contribution in [2.45, 2.75) is 32.0 Å². The number of benzene rings is 1. The van der Waals surface area contributed by atoms with Gasteiger partial charge in [-0.1, -0.05) is 30.0 Å². The number of carbonyl (C=O) groups is 2. The molecule has 1 aromatic carbocycles. The van der Waals surface area contributed by atoms with Gasteiger partial charge in [-0.3, -0.25) is 4.79 Å². The quantitative estimate of drug-likeness (QED) is 0.377. The lowest BCUT2D eigenvalue weighted by atomic mass is 10.3. The zero-order valence-electron chi connectivity index (χ0n) is 17.7. The summed E-state index contributed by atoms with van der Waals surface area (Å²) in [4.78, 5) is 25.5. The molecule has 1 amide bonds. The molecule has 10 heteroatoms. The molecule has 8 nitrogen and oxygen atoms in total. The summed E-state index contributed by atoms with van der Waals surface area (Å²) in [5.74, 6) is 0.843. The van der Waals surface area contributed by atoms with E-state index in [1.807, 2.05) is 55.8 Å². The van der Waals surface area contributed by atoms with Crippen molar-refractivity contribution in [1.82, 2.24) is 14.8 Å². The van der Waals surface area contributed by atoms with Gasteiger partial charge in [-0.25, -0.2) is 4.79 Å². The highest BCUT2D eigenvalue weighted by Crippen LogP contribution is 2.29. The fourth-order valence-corrected chi connectivity index (χ4v) is 4.46. The first kappa shape index (κ1) is 22.8. The van der Waals surface area contributed by atoms with Crippen molar-refractivity contribution in [3.05, 3.63) is 52.7 Å². The Morgan fingerprint density at radius 2 is 2.00 bits per heavy atom. The second-order valence-corrected chi connectivity index (χ2v) is 8.83. The van der Waals surface area contributed by atoms with E-state index in [4.69, 9.17) is 9.47 Å². The van der Waals surface area contributed by atoms with Gasteiger partial charge in [-0.15, -0.1) is 21.5 Å². The summed E-state index contributed by atoms with van der Waals surface area (Å²) in [6.45, 7) is 5.79. The number of nitrogens with zero attached hydrogens (tertiary/aromatic N) is 3. The van der Waals surface area contributed by atoms with Crippen molar-refractivity contribution in [3.63, 3.8) is 0 Å². The Labute approximate surface area is 189 Å². The number of aryl methyl sites for hydroxylation is 1.